The van der Waals surface area contributed by atoms with Crippen molar-refractivity contribution in [3.8, 4) is 0 Å². The van der Waals surface area contributed by atoms with Gasteiger partial charge in [-0.15, -0.1) is 0 Å². The van der Waals surface area contributed by atoms with Gasteiger partial charge in [0, 0.05) is 36.1 Å². The predicted molar refractivity (Wildman–Crippen MR) is 88.3 cm³/mol. The number of nitrogens with zero attached hydrogens (tertiary/aromatic N) is 2. The zero-order valence-electron chi connectivity index (χ0n) is 14.3. The average Bonchev–Trinajstić information content (AvgIpc) is 2.42. The molecule has 0 spiro atoms. The Morgan fingerprint density at radius 2 is 1.74 bits per heavy atom. The summed E-state index contributed by atoms with van der Waals surface area (Å²) in [6, 6.07) is 3.64. The van der Waals surface area contributed by atoms with Crippen LogP contribution in [-0.4, -0.2) is 38.8 Å². The minimum Gasteiger partial charge on any atom is -0.344 e. The maximum Gasteiger partial charge on any atom is 0.312 e. The van der Waals surface area contributed by atoms with Crippen LogP contribution >= 0.6 is 0 Å². The van der Waals surface area contributed by atoms with Crippen molar-refractivity contribution >= 4 is 11.8 Å². The number of nitrogens with two attached hydrogens (primary N) is 1. The van der Waals surface area contributed by atoms with Gasteiger partial charge in [0.2, 0.25) is 0 Å². The van der Waals surface area contributed by atoms with Gasteiger partial charge in [-0.05, 0) is 58.2 Å². The first-order valence-corrected chi connectivity index (χ1v) is 7.90. The molecule has 0 unspecified atom stereocenters. The third kappa shape index (κ3) is 3.88. The van der Waals surface area contributed by atoms with Gasteiger partial charge >= 0.3 is 11.8 Å². The van der Waals surface area contributed by atoms with Gasteiger partial charge in [-0.25, -0.2) is 0 Å². The molecule has 2 heterocycles. The first-order valence-electron chi connectivity index (χ1n) is 7.90. The SMILES string of the molecule is CC1(C)CC(N)CC(C)(C)N1C(=O)C(=O)NCc1ccncc1. The Labute approximate surface area is 137 Å². The summed E-state index contributed by atoms with van der Waals surface area (Å²) >= 11 is 0. The molecule has 2 amide bonds. The highest BCUT2D eigenvalue weighted by Gasteiger charge is 2.48. The van der Waals surface area contributed by atoms with Crippen LogP contribution in [0.1, 0.15) is 46.1 Å². The van der Waals surface area contributed by atoms with Gasteiger partial charge in [-0.3, -0.25) is 14.6 Å². The molecule has 0 radical (unpaired) electrons. The van der Waals surface area contributed by atoms with Crippen LogP contribution in [0, 0.1) is 0 Å². The predicted octanol–water partition coefficient (Wildman–Crippen LogP) is 1.20. The van der Waals surface area contributed by atoms with Crippen LogP contribution in [0.5, 0.6) is 0 Å². The monoisotopic (exact) mass is 318 g/mol. The lowest BCUT2D eigenvalue weighted by Crippen LogP contribution is -2.67. The molecule has 0 bridgehead atoms. The third-order valence-corrected chi connectivity index (χ3v) is 4.33. The molecule has 2 rings (SSSR count). The van der Waals surface area contributed by atoms with E-state index in [0.717, 1.165) is 5.56 Å². The lowest BCUT2D eigenvalue weighted by molar-refractivity contribution is -0.159. The molecule has 3 N–H and O–H groups in total. The lowest BCUT2D eigenvalue weighted by atomic mass is 9.77. The molecule has 1 fully saturated rings. The summed E-state index contributed by atoms with van der Waals surface area (Å²) in [5.41, 5.74) is 6.11. The quantitative estimate of drug-likeness (QED) is 0.802. The largest absolute Gasteiger partial charge is 0.344 e. The van der Waals surface area contributed by atoms with Crippen molar-refractivity contribution in [2.75, 3.05) is 0 Å². The van der Waals surface area contributed by atoms with Crippen molar-refractivity contribution in [1.82, 2.24) is 15.2 Å². The number of hydrogen-bond acceptors (Lipinski definition) is 4. The fourth-order valence-electron chi connectivity index (χ4n) is 3.77. The Balaban J connectivity index is 2.09. The number of hydrogen-bond donors (Lipinski definition) is 2. The zero-order chi connectivity index (χ0) is 17.3. The Hall–Kier alpha value is -1.95. The second-order valence-electron chi connectivity index (χ2n) is 7.47. The normalized spacial score (nSPS) is 20.1. The van der Waals surface area contributed by atoms with Crippen molar-refractivity contribution in [2.24, 2.45) is 5.73 Å². The summed E-state index contributed by atoms with van der Waals surface area (Å²) in [6.45, 7) is 8.15. The standard InChI is InChI=1S/C17H26N4O2/c1-16(2)9-13(18)10-17(3,4)21(16)15(23)14(22)20-11-12-5-7-19-8-6-12/h5-8,13H,9-11,18H2,1-4H3,(H,20,22). The van der Waals surface area contributed by atoms with Crippen molar-refractivity contribution in [3.63, 3.8) is 0 Å². The Kier molecular flexibility index (Phi) is 4.75. The number of carbonyl (C=O) groups is 2. The summed E-state index contributed by atoms with van der Waals surface area (Å²) in [4.78, 5) is 30.7. The smallest absolute Gasteiger partial charge is 0.312 e. The van der Waals surface area contributed by atoms with Crippen LogP contribution in [0.2, 0.25) is 0 Å². The van der Waals surface area contributed by atoms with Crippen molar-refractivity contribution in [1.29, 1.82) is 0 Å². The summed E-state index contributed by atoms with van der Waals surface area (Å²) < 4.78 is 0. The third-order valence-electron chi connectivity index (χ3n) is 4.33. The molecule has 0 saturated carbocycles. The van der Waals surface area contributed by atoms with E-state index in [-0.39, 0.29) is 6.04 Å². The number of amides is 2. The molecule has 6 nitrogen and oxygen atoms in total. The van der Waals surface area contributed by atoms with Gasteiger partial charge in [0.25, 0.3) is 0 Å². The average molecular weight is 318 g/mol. The summed E-state index contributed by atoms with van der Waals surface area (Å²) in [5, 5.41) is 2.69. The van der Waals surface area contributed by atoms with Gasteiger partial charge in [0.1, 0.15) is 0 Å². The molecule has 1 aromatic heterocycles. The van der Waals surface area contributed by atoms with E-state index in [1.54, 1.807) is 29.4 Å². The molecule has 6 heteroatoms. The van der Waals surface area contributed by atoms with Crippen molar-refractivity contribution in [3.05, 3.63) is 30.1 Å². The first kappa shape index (κ1) is 17.4. The van der Waals surface area contributed by atoms with E-state index in [1.165, 1.54) is 0 Å². The fourth-order valence-corrected chi connectivity index (χ4v) is 3.77. The van der Waals surface area contributed by atoms with Crippen molar-refractivity contribution in [2.45, 2.75) is 64.2 Å². The Morgan fingerprint density at radius 1 is 1.22 bits per heavy atom. The molecule has 23 heavy (non-hydrogen) atoms. The van der Waals surface area contributed by atoms with Crippen LogP contribution in [0.25, 0.3) is 0 Å². The maximum atomic E-state index is 12.7. The molecule has 0 atom stereocenters. The number of likely N-dealkylation sites (tertiary alicyclic amines) is 1. The number of aromatic nitrogens is 1. The summed E-state index contributed by atoms with van der Waals surface area (Å²) in [5.74, 6) is -1.08. The molecular weight excluding hydrogens is 292 g/mol. The highest BCUT2D eigenvalue weighted by Crippen LogP contribution is 2.37. The van der Waals surface area contributed by atoms with Crippen molar-refractivity contribution < 1.29 is 9.59 Å². The van der Waals surface area contributed by atoms with Gasteiger partial charge in [0.15, 0.2) is 0 Å². The van der Waals surface area contributed by atoms with E-state index >= 15 is 0 Å². The van der Waals surface area contributed by atoms with Gasteiger partial charge < -0.3 is 16.0 Å². The first-order chi connectivity index (χ1) is 10.6. The highest BCUT2D eigenvalue weighted by molar-refractivity contribution is 6.35. The fraction of sp³-hybridized carbons (Fsp3) is 0.588. The van der Waals surface area contributed by atoms with E-state index < -0.39 is 22.9 Å². The van der Waals surface area contributed by atoms with Crippen LogP contribution in [0.4, 0.5) is 0 Å². The molecule has 126 valence electrons. The number of rotatable bonds is 2. The summed E-state index contributed by atoms with van der Waals surface area (Å²) in [6.07, 6.45) is 4.67. The topological polar surface area (TPSA) is 88.3 Å². The molecule has 1 aliphatic rings. The van der Waals surface area contributed by atoms with E-state index in [9.17, 15) is 9.59 Å². The number of pyridine rings is 1. The van der Waals surface area contributed by atoms with Gasteiger partial charge in [-0.2, -0.15) is 0 Å². The van der Waals surface area contributed by atoms with E-state index in [1.807, 2.05) is 27.7 Å². The number of carbonyl (C=O) groups excluding carboxylic acids is 2. The number of nitrogens with one attached hydrogen (secondary N) is 1. The zero-order valence-corrected chi connectivity index (χ0v) is 14.3. The molecule has 1 aromatic rings. The molecule has 0 aromatic carbocycles. The van der Waals surface area contributed by atoms with Crippen LogP contribution in [-0.2, 0) is 16.1 Å². The van der Waals surface area contributed by atoms with E-state index in [2.05, 4.69) is 10.3 Å². The molecule has 1 saturated heterocycles. The molecular formula is C17H26N4O2. The minimum absolute atomic E-state index is 0.0314. The second kappa shape index (κ2) is 6.28. The maximum absolute atomic E-state index is 12.7. The minimum atomic E-state index is -0.585. The molecule has 1 aliphatic heterocycles. The van der Waals surface area contributed by atoms with Crippen LogP contribution < -0.4 is 11.1 Å². The highest BCUT2D eigenvalue weighted by atomic mass is 16.2. The number of piperidine rings is 1. The molecule has 0 aliphatic carbocycles. The van der Waals surface area contributed by atoms with E-state index in [4.69, 9.17) is 5.73 Å². The Bertz CT molecular complexity index is 566. The van der Waals surface area contributed by atoms with Crippen LogP contribution in [0.15, 0.2) is 24.5 Å². The van der Waals surface area contributed by atoms with Gasteiger partial charge in [-0.1, -0.05) is 0 Å². The second-order valence-corrected chi connectivity index (χ2v) is 7.47. The van der Waals surface area contributed by atoms with E-state index in [0.29, 0.717) is 19.4 Å². The van der Waals surface area contributed by atoms with Gasteiger partial charge in [0.05, 0.1) is 0 Å². The summed E-state index contributed by atoms with van der Waals surface area (Å²) in [7, 11) is 0. The lowest BCUT2D eigenvalue weighted by Gasteiger charge is -2.54. The van der Waals surface area contributed by atoms with Crippen LogP contribution in [0.3, 0.4) is 0 Å². The Morgan fingerprint density at radius 3 is 2.26 bits per heavy atom.